The molecule has 2 aliphatic rings. The van der Waals surface area contributed by atoms with Crippen LogP contribution in [0, 0.1) is 0 Å². The van der Waals surface area contributed by atoms with Crippen molar-refractivity contribution >= 4 is 10.9 Å². The fourth-order valence-electron chi connectivity index (χ4n) is 4.01. The number of rotatable bonds is 4. The normalized spacial score (nSPS) is 23.6. The van der Waals surface area contributed by atoms with Gasteiger partial charge in [-0.15, -0.1) is 0 Å². The summed E-state index contributed by atoms with van der Waals surface area (Å²) >= 11 is 0. The molecular weight excluding hydrogens is 312 g/mol. The summed E-state index contributed by atoms with van der Waals surface area (Å²) < 4.78 is 5.60. The summed E-state index contributed by atoms with van der Waals surface area (Å²) in [6, 6.07) is 7.78. The van der Waals surface area contributed by atoms with E-state index in [4.69, 9.17) is 4.74 Å². The summed E-state index contributed by atoms with van der Waals surface area (Å²) in [5, 5.41) is 4.89. The third kappa shape index (κ3) is 3.75. The number of fused-ring (bicyclic) bond motifs is 1. The van der Waals surface area contributed by atoms with Crippen LogP contribution in [-0.2, 0) is 11.3 Å². The zero-order valence-electron chi connectivity index (χ0n) is 15.4. The number of aromatic amines is 1. The van der Waals surface area contributed by atoms with Crippen LogP contribution < -0.4 is 5.32 Å². The second-order valence-electron chi connectivity index (χ2n) is 7.61. The topological polar surface area (TPSA) is 43.5 Å². The number of nitrogens with zero attached hydrogens (tertiary/aromatic N) is 2. The van der Waals surface area contributed by atoms with E-state index in [2.05, 4.69) is 58.3 Å². The first-order chi connectivity index (χ1) is 12.2. The molecule has 1 atom stereocenters. The van der Waals surface area contributed by atoms with Crippen molar-refractivity contribution in [2.24, 2.45) is 0 Å². The zero-order chi connectivity index (χ0) is 17.2. The maximum atomic E-state index is 5.60. The minimum atomic E-state index is 0.314. The van der Waals surface area contributed by atoms with Crippen molar-refractivity contribution in [3.8, 4) is 0 Å². The molecule has 2 aliphatic heterocycles. The average Bonchev–Trinajstić information content (AvgIpc) is 3.05. The molecule has 2 fully saturated rings. The fourth-order valence-corrected chi connectivity index (χ4v) is 4.01. The number of piperazine rings is 1. The molecule has 2 N–H and O–H groups in total. The van der Waals surface area contributed by atoms with Gasteiger partial charge in [-0.05, 0) is 31.0 Å². The second kappa shape index (κ2) is 7.46. The molecule has 1 unspecified atom stereocenters. The van der Waals surface area contributed by atoms with Crippen molar-refractivity contribution in [3.05, 3.63) is 35.5 Å². The number of benzene rings is 1. The highest BCUT2D eigenvalue weighted by Crippen LogP contribution is 2.25. The smallest absolute Gasteiger partial charge is 0.0662 e. The van der Waals surface area contributed by atoms with Crippen LogP contribution in [0.25, 0.3) is 10.9 Å². The largest absolute Gasteiger partial charge is 0.378 e. The molecule has 2 saturated heterocycles. The van der Waals surface area contributed by atoms with Crippen LogP contribution >= 0.6 is 0 Å². The molecule has 5 nitrogen and oxygen atoms in total. The van der Waals surface area contributed by atoms with Crippen molar-refractivity contribution in [1.29, 1.82) is 0 Å². The third-order valence-corrected chi connectivity index (χ3v) is 5.65. The summed E-state index contributed by atoms with van der Waals surface area (Å²) in [5.41, 5.74) is 3.96. The van der Waals surface area contributed by atoms with E-state index in [-0.39, 0.29) is 0 Å². The van der Waals surface area contributed by atoms with Crippen molar-refractivity contribution in [3.63, 3.8) is 0 Å². The summed E-state index contributed by atoms with van der Waals surface area (Å²) in [7, 11) is 0. The molecule has 0 bridgehead atoms. The Bertz CT molecular complexity index is 697. The molecule has 1 aromatic carbocycles. The van der Waals surface area contributed by atoms with Crippen molar-refractivity contribution in [2.75, 3.05) is 45.9 Å². The van der Waals surface area contributed by atoms with E-state index in [1.54, 1.807) is 0 Å². The highest BCUT2D eigenvalue weighted by molar-refractivity contribution is 5.83. The van der Waals surface area contributed by atoms with Gasteiger partial charge in [0.05, 0.1) is 19.3 Å². The molecule has 4 rings (SSSR count). The Morgan fingerprint density at radius 1 is 1.20 bits per heavy atom. The minimum absolute atomic E-state index is 0.314. The molecule has 3 heterocycles. The lowest BCUT2D eigenvalue weighted by Crippen LogP contribution is -2.48. The van der Waals surface area contributed by atoms with Gasteiger partial charge in [0, 0.05) is 62.4 Å². The molecular formula is C20H30N4O. The maximum absolute atomic E-state index is 5.60. The summed E-state index contributed by atoms with van der Waals surface area (Å²) in [4.78, 5) is 8.62. The number of morpholine rings is 1. The van der Waals surface area contributed by atoms with Gasteiger partial charge in [-0.1, -0.05) is 12.1 Å². The number of ether oxygens (including phenoxy) is 1. The molecule has 0 radical (unpaired) electrons. The van der Waals surface area contributed by atoms with E-state index in [9.17, 15) is 0 Å². The Kier molecular flexibility index (Phi) is 5.08. The SMILES string of the molecule is CC(C)N1CCN(Cc2c[nH]c3cc(C4COCCN4)ccc23)CC1. The predicted molar refractivity (Wildman–Crippen MR) is 102 cm³/mol. The standard InChI is InChI=1S/C20H30N4O/c1-15(2)24-8-6-23(7-9-24)13-17-12-22-19-11-16(3-4-18(17)19)20-14-25-10-5-21-20/h3-4,11-12,15,20-22H,5-10,13-14H2,1-2H3. The fraction of sp³-hybridized carbons (Fsp3) is 0.600. The summed E-state index contributed by atoms with van der Waals surface area (Å²) in [6.07, 6.45) is 2.19. The number of nitrogens with one attached hydrogen (secondary N) is 2. The van der Waals surface area contributed by atoms with Gasteiger partial charge in [0.1, 0.15) is 0 Å². The molecule has 25 heavy (non-hydrogen) atoms. The van der Waals surface area contributed by atoms with E-state index in [1.165, 1.54) is 35.1 Å². The molecule has 5 heteroatoms. The van der Waals surface area contributed by atoms with Gasteiger partial charge in [-0.3, -0.25) is 9.80 Å². The predicted octanol–water partition coefficient (Wildman–Crippen LogP) is 2.35. The third-order valence-electron chi connectivity index (χ3n) is 5.65. The minimum Gasteiger partial charge on any atom is -0.378 e. The van der Waals surface area contributed by atoms with E-state index in [1.807, 2.05) is 0 Å². The lowest BCUT2D eigenvalue weighted by Gasteiger charge is -2.36. The highest BCUT2D eigenvalue weighted by Gasteiger charge is 2.20. The number of hydrogen-bond donors (Lipinski definition) is 2. The van der Waals surface area contributed by atoms with Crippen LogP contribution in [0.3, 0.4) is 0 Å². The Balaban J connectivity index is 1.44. The zero-order valence-corrected chi connectivity index (χ0v) is 15.4. The molecule has 136 valence electrons. The van der Waals surface area contributed by atoms with Gasteiger partial charge < -0.3 is 15.0 Å². The van der Waals surface area contributed by atoms with Crippen molar-refractivity contribution < 1.29 is 4.74 Å². The molecule has 0 saturated carbocycles. The Hall–Kier alpha value is -1.40. The van der Waals surface area contributed by atoms with Crippen LogP contribution in [0.2, 0.25) is 0 Å². The van der Waals surface area contributed by atoms with Crippen LogP contribution in [0.4, 0.5) is 0 Å². The average molecular weight is 342 g/mol. The van der Waals surface area contributed by atoms with Crippen molar-refractivity contribution in [1.82, 2.24) is 20.1 Å². The van der Waals surface area contributed by atoms with E-state index < -0.39 is 0 Å². The van der Waals surface area contributed by atoms with E-state index >= 15 is 0 Å². The molecule has 0 amide bonds. The Labute approximate surface area is 150 Å². The van der Waals surface area contributed by atoms with Crippen LogP contribution in [0.1, 0.15) is 31.0 Å². The lowest BCUT2D eigenvalue weighted by molar-refractivity contribution is 0.0769. The molecule has 1 aromatic heterocycles. The Morgan fingerprint density at radius 2 is 2.04 bits per heavy atom. The summed E-state index contributed by atoms with van der Waals surface area (Å²) in [6.45, 7) is 12.8. The first-order valence-electron chi connectivity index (χ1n) is 9.58. The van der Waals surface area contributed by atoms with E-state index in [0.29, 0.717) is 12.1 Å². The first kappa shape index (κ1) is 17.0. The van der Waals surface area contributed by atoms with Crippen LogP contribution in [0.5, 0.6) is 0 Å². The van der Waals surface area contributed by atoms with Crippen LogP contribution in [0.15, 0.2) is 24.4 Å². The van der Waals surface area contributed by atoms with Gasteiger partial charge in [0.2, 0.25) is 0 Å². The monoisotopic (exact) mass is 342 g/mol. The van der Waals surface area contributed by atoms with Gasteiger partial charge in [-0.25, -0.2) is 0 Å². The maximum Gasteiger partial charge on any atom is 0.0662 e. The van der Waals surface area contributed by atoms with Gasteiger partial charge in [-0.2, -0.15) is 0 Å². The lowest BCUT2D eigenvalue weighted by atomic mass is 10.0. The molecule has 2 aromatic rings. The van der Waals surface area contributed by atoms with Gasteiger partial charge in [0.25, 0.3) is 0 Å². The number of aromatic nitrogens is 1. The molecule has 0 aliphatic carbocycles. The van der Waals surface area contributed by atoms with Gasteiger partial charge in [0.15, 0.2) is 0 Å². The molecule has 0 spiro atoms. The Morgan fingerprint density at radius 3 is 2.76 bits per heavy atom. The summed E-state index contributed by atoms with van der Waals surface area (Å²) in [5.74, 6) is 0. The second-order valence-corrected chi connectivity index (χ2v) is 7.61. The van der Waals surface area contributed by atoms with Gasteiger partial charge >= 0.3 is 0 Å². The quantitative estimate of drug-likeness (QED) is 0.895. The van der Waals surface area contributed by atoms with Crippen LogP contribution in [-0.4, -0.2) is 66.8 Å². The number of H-pyrrole nitrogens is 1. The van der Waals surface area contributed by atoms with E-state index in [0.717, 1.165) is 39.4 Å². The van der Waals surface area contributed by atoms with Crippen molar-refractivity contribution in [2.45, 2.75) is 32.5 Å². The number of hydrogen-bond acceptors (Lipinski definition) is 4. The highest BCUT2D eigenvalue weighted by atomic mass is 16.5. The first-order valence-corrected chi connectivity index (χ1v) is 9.58.